The predicted molar refractivity (Wildman–Crippen MR) is 55.4 cm³/mol. The molecule has 4 heteroatoms. The van der Waals surface area contributed by atoms with Crippen molar-refractivity contribution in [1.29, 1.82) is 0 Å². The molecule has 15 heavy (non-hydrogen) atoms. The summed E-state index contributed by atoms with van der Waals surface area (Å²) in [6.07, 6.45) is 4.66. The lowest BCUT2D eigenvalue weighted by molar-refractivity contribution is 0.471. The lowest BCUT2D eigenvalue weighted by Crippen LogP contribution is -1.91. The average molecular weight is 200 g/mol. The summed E-state index contributed by atoms with van der Waals surface area (Å²) in [6.45, 7) is 0. The molecule has 74 valence electrons. The molecular weight excluding hydrogens is 192 g/mol. The largest absolute Gasteiger partial charge is 0.504 e. The number of hydrogen-bond donors (Lipinski definition) is 1. The van der Waals surface area contributed by atoms with Crippen LogP contribution in [0.25, 0.3) is 11.1 Å². The Balaban J connectivity index is 2.61. The topological polar surface area (TPSA) is 63.1 Å². The lowest BCUT2D eigenvalue weighted by atomic mass is 10.1. The molecule has 0 fully saturated rings. The van der Waals surface area contributed by atoms with Crippen molar-refractivity contribution >= 4 is 0 Å². The van der Waals surface area contributed by atoms with Crippen molar-refractivity contribution in [3.05, 3.63) is 53.2 Å². The van der Waals surface area contributed by atoms with E-state index in [1.165, 1.54) is 18.5 Å². The van der Waals surface area contributed by atoms with E-state index in [1.807, 2.05) is 0 Å². The van der Waals surface area contributed by atoms with Gasteiger partial charge >= 0.3 is 0 Å². The van der Waals surface area contributed by atoms with Crippen LogP contribution in [-0.4, -0.2) is 15.1 Å². The maximum absolute atomic E-state index is 11.1. The first-order valence-corrected chi connectivity index (χ1v) is 4.36. The number of aromatic hydroxyl groups is 1. The Morgan fingerprint density at radius 1 is 1.07 bits per heavy atom. The third kappa shape index (κ3) is 1.99. The Morgan fingerprint density at radius 3 is 2.53 bits per heavy atom. The molecule has 0 saturated heterocycles. The molecule has 4 nitrogen and oxygen atoms in total. The van der Waals surface area contributed by atoms with E-state index in [4.69, 9.17) is 0 Å². The summed E-state index contributed by atoms with van der Waals surface area (Å²) in [6, 6.07) is 6.02. The van der Waals surface area contributed by atoms with E-state index in [2.05, 4.69) is 9.97 Å². The van der Waals surface area contributed by atoms with Gasteiger partial charge in [0.15, 0.2) is 5.75 Å². The van der Waals surface area contributed by atoms with Crippen molar-refractivity contribution in [3.63, 3.8) is 0 Å². The first kappa shape index (κ1) is 9.33. The normalized spacial score (nSPS) is 9.87. The first-order valence-electron chi connectivity index (χ1n) is 4.36. The zero-order valence-electron chi connectivity index (χ0n) is 7.79. The fourth-order valence-electron chi connectivity index (χ4n) is 1.22. The molecule has 1 heterocycles. The molecule has 1 aromatic heterocycles. The van der Waals surface area contributed by atoms with Crippen LogP contribution in [0.4, 0.5) is 0 Å². The zero-order chi connectivity index (χ0) is 10.7. The van der Waals surface area contributed by atoms with Gasteiger partial charge in [0.2, 0.25) is 5.43 Å². The highest BCUT2D eigenvalue weighted by molar-refractivity contribution is 5.62. The fraction of sp³-hybridized carbons (Fsp3) is 0. The zero-order valence-corrected chi connectivity index (χ0v) is 7.79. The molecule has 0 aliphatic carbocycles. The monoisotopic (exact) mass is 200 g/mol. The Hall–Kier alpha value is -2.23. The van der Waals surface area contributed by atoms with Gasteiger partial charge in [0.05, 0.1) is 0 Å². The molecular formula is C11H8N2O2. The van der Waals surface area contributed by atoms with Crippen LogP contribution < -0.4 is 5.43 Å². The predicted octanol–water partition coefficient (Wildman–Crippen LogP) is 1.21. The second-order valence-corrected chi connectivity index (χ2v) is 3.00. The van der Waals surface area contributed by atoms with E-state index in [0.29, 0.717) is 5.56 Å². The summed E-state index contributed by atoms with van der Waals surface area (Å²) < 4.78 is 0. The van der Waals surface area contributed by atoms with E-state index in [9.17, 15) is 9.90 Å². The van der Waals surface area contributed by atoms with Gasteiger partial charge in [0, 0.05) is 18.0 Å². The minimum atomic E-state index is -0.405. The summed E-state index contributed by atoms with van der Waals surface area (Å²) in [5, 5.41) is 9.37. The van der Waals surface area contributed by atoms with Crippen LogP contribution in [0.5, 0.6) is 5.75 Å². The highest BCUT2D eigenvalue weighted by Crippen LogP contribution is 2.17. The van der Waals surface area contributed by atoms with Crippen molar-refractivity contribution < 1.29 is 5.11 Å². The standard InChI is InChI=1S/C11H8N2O2/c14-10-3-1-2-8(4-11(10)15)9-5-12-7-13-6-9/h1-7H,(H,14,15). The van der Waals surface area contributed by atoms with Gasteiger partial charge in [0.1, 0.15) is 6.33 Å². The Bertz CT molecular complexity index is 526. The Labute approximate surface area is 85.9 Å². The van der Waals surface area contributed by atoms with Crippen LogP contribution in [0.15, 0.2) is 47.8 Å². The van der Waals surface area contributed by atoms with Crippen LogP contribution in [-0.2, 0) is 0 Å². The molecule has 0 spiro atoms. The van der Waals surface area contributed by atoms with Gasteiger partial charge in [-0.2, -0.15) is 0 Å². The van der Waals surface area contributed by atoms with Crippen molar-refractivity contribution in [2.75, 3.05) is 0 Å². The van der Waals surface area contributed by atoms with Gasteiger partial charge in [-0.15, -0.1) is 0 Å². The summed E-state index contributed by atoms with van der Waals surface area (Å²) in [7, 11) is 0. The van der Waals surface area contributed by atoms with E-state index in [1.54, 1.807) is 24.5 Å². The molecule has 0 saturated carbocycles. The minimum Gasteiger partial charge on any atom is -0.504 e. The number of hydrogen-bond acceptors (Lipinski definition) is 4. The van der Waals surface area contributed by atoms with Gasteiger partial charge in [0.25, 0.3) is 0 Å². The minimum absolute atomic E-state index is 0.279. The summed E-state index contributed by atoms with van der Waals surface area (Å²) in [5.41, 5.74) is 1.05. The second-order valence-electron chi connectivity index (χ2n) is 3.00. The smallest absolute Gasteiger partial charge is 0.220 e. The first-order chi connectivity index (χ1) is 7.27. The molecule has 2 aromatic rings. The molecule has 0 atom stereocenters. The van der Waals surface area contributed by atoms with Crippen molar-refractivity contribution in [1.82, 2.24) is 9.97 Å². The quantitative estimate of drug-likeness (QED) is 0.751. The SMILES string of the molecule is O=c1cccc(-c2cncnc2)cc1O. The van der Waals surface area contributed by atoms with Crippen molar-refractivity contribution in [2.45, 2.75) is 0 Å². The molecule has 0 amide bonds. The molecule has 1 N–H and O–H groups in total. The average Bonchev–Trinajstić information content (AvgIpc) is 2.43. The molecule has 0 aliphatic rings. The van der Waals surface area contributed by atoms with E-state index < -0.39 is 5.43 Å². The van der Waals surface area contributed by atoms with Crippen LogP contribution in [0.2, 0.25) is 0 Å². The van der Waals surface area contributed by atoms with E-state index >= 15 is 0 Å². The van der Waals surface area contributed by atoms with Gasteiger partial charge in [-0.1, -0.05) is 12.1 Å². The molecule has 2 rings (SSSR count). The van der Waals surface area contributed by atoms with Crippen LogP contribution in [0.3, 0.4) is 0 Å². The number of nitrogens with zero attached hydrogens (tertiary/aromatic N) is 2. The molecule has 0 unspecified atom stereocenters. The lowest BCUT2D eigenvalue weighted by Gasteiger charge is -1.95. The van der Waals surface area contributed by atoms with Gasteiger partial charge in [-0.3, -0.25) is 4.79 Å². The molecule has 1 aromatic carbocycles. The molecule has 0 aliphatic heterocycles. The van der Waals surface area contributed by atoms with Crippen LogP contribution in [0.1, 0.15) is 0 Å². The molecule has 0 bridgehead atoms. The maximum atomic E-state index is 11.1. The van der Waals surface area contributed by atoms with Crippen LogP contribution >= 0.6 is 0 Å². The van der Waals surface area contributed by atoms with Crippen molar-refractivity contribution in [3.8, 4) is 16.9 Å². The summed E-state index contributed by atoms with van der Waals surface area (Å²) in [4.78, 5) is 18.8. The highest BCUT2D eigenvalue weighted by atomic mass is 16.3. The highest BCUT2D eigenvalue weighted by Gasteiger charge is 1.99. The Morgan fingerprint density at radius 2 is 1.80 bits per heavy atom. The van der Waals surface area contributed by atoms with E-state index in [0.717, 1.165) is 5.56 Å². The van der Waals surface area contributed by atoms with Crippen molar-refractivity contribution in [2.24, 2.45) is 0 Å². The fourth-order valence-corrected chi connectivity index (χ4v) is 1.22. The van der Waals surface area contributed by atoms with Gasteiger partial charge in [-0.25, -0.2) is 9.97 Å². The van der Waals surface area contributed by atoms with E-state index in [-0.39, 0.29) is 5.75 Å². The molecule has 0 radical (unpaired) electrons. The van der Waals surface area contributed by atoms with Crippen LogP contribution in [0, 0.1) is 0 Å². The number of aromatic nitrogens is 2. The van der Waals surface area contributed by atoms with Gasteiger partial charge < -0.3 is 5.11 Å². The van der Waals surface area contributed by atoms with Gasteiger partial charge in [-0.05, 0) is 17.7 Å². The third-order valence-electron chi connectivity index (χ3n) is 1.96. The maximum Gasteiger partial charge on any atom is 0.220 e. The third-order valence-corrected chi connectivity index (χ3v) is 1.96. The second kappa shape index (κ2) is 3.88. The Kier molecular flexibility index (Phi) is 2.41. The number of rotatable bonds is 1. The summed E-state index contributed by atoms with van der Waals surface area (Å²) in [5.74, 6) is -0.279. The summed E-state index contributed by atoms with van der Waals surface area (Å²) >= 11 is 0.